The van der Waals surface area contributed by atoms with Crippen molar-refractivity contribution in [3.05, 3.63) is 111 Å². The molecule has 1 saturated heterocycles. The molecule has 0 saturated carbocycles. The molecule has 1 aliphatic heterocycles. The minimum atomic E-state index is -0.0648. The van der Waals surface area contributed by atoms with Gasteiger partial charge < -0.3 is 14.8 Å². The van der Waals surface area contributed by atoms with Gasteiger partial charge in [-0.1, -0.05) is 28.1 Å². The molecule has 4 aromatic rings. The first-order valence-corrected chi connectivity index (χ1v) is 12.5. The summed E-state index contributed by atoms with van der Waals surface area (Å²) in [5, 5.41) is 4.28. The molecule has 1 aromatic carbocycles. The van der Waals surface area contributed by atoms with E-state index in [0.29, 0.717) is 5.11 Å². The summed E-state index contributed by atoms with van der Waals surface area (Å²) in [6.07, 6.45) is 5.58. The van der Waals surface area contributed by atoms with Gasteiger partial charge in [0.2, 0.25) is 0 Å². The third kappa shape index (κ3) is 4.14. The summed E-state index contributed by atoms with van der Waals surface area (Å²) in [6.45, 7) is 7.24. The summed E-state index contributed by atoms with van der Waals surface area (Å²) >= 11 is 9.53. The van der Waals surface area contributed by atoms with Crippen molar-refractivity contribution < 1.29 is 0 Å². The van der Waals surface area contributed by atoms with Crippen LogP contribution in [0.25, 0.3) is 0 Å². The average molecular weight is 533 g/mol. The van der Waals surface area contributed by atoms with Gasteiger partial charge in [0.25, 0.3) is 0 Å². The lowest BCUT2D eigenvalue weighted by atomic mass is 9.96. The van der Waals surface area contributed by atoms with Gasteiger partial charge in [-0.3, -0.25) is 9.97 Å². The molecule has 0 unspecified atom stereocenters. The Labute approximate surface area is 214 Å². The van der Waals surface area contributed by atoms with Crippen LogP contribution in [0, 0.1) is 20.8 Å². The number of rotatable bonds is 5. The Morgan fingerprint density at radius 3 is 2.59 bits per heavy atom. The predicted molar refractivity (Wildman–Crippen MR) is 144 cm³/mol. The van der Waals surface area contributed by atoms with E-state index in [0.717, 1.165) is 22.4 Å². The van der Waals surface area contributed by atoms with Crippen molar-refractivity contribution in [2.45, 2.75) is 39.4 Å². The van der Waals surface area contributed by atoms with Crippen molar-refractivity contribution in [3.63, 3.8) is 0 Å². The number of halogens is 1. The molecule has 0 spiro atoms. The topological polar surface area (TPSA) is 46.0 Å². The molecule has 3 aromatic heterocycles. The number of nitrogens with one attached hydrogen (secondary N) is 1. The van der Waals surface area contributed by atoms with Crippen LogP contribution in [0.4, 0.5) is 5.69 Å². The molecular formula is C27H26BrN5S. The number of pyridine rings is 2. The number of benzene rings is 1. The second kappa shape index (κ2) is 9.31. The van der Waals surface area contributed by atoms with E-state index < -0.39 is 0 Å². The molecule has 0 aliphatic carbocycles. The second-order valence-corrected chi connectivity index (χ2v) is 9.95. The number of aryl methyl sites for hydroxylation is 2. The lowest BCUT2D eigenvalue weighted by Crippen LogP contribution is -2.29. The quantitative estimate of drug-likeness (QED) is 0.311. The summed E-state index contributed by atoms with van der Waals surface area (Å²) in [7, 11) is 0. The predicted octanol–water partition coefficient (Wildman–Crippen LogP) is 6.19. The minimum absolute atomic E-state index is 0.0307. The molecule has 1 aliphatic rings. The molecule has 7 heteroatoms. The molecule has 0 radical (unpaired) electrons. The van der Waals surface area contributed by atoms with Gasteiger partial charge in [0, 0.05) is 46.7 Å². The fourth-order valence-electron chi connectivity index (χ4n) is 4.77. The maximum Gasteiger partial charge on any atom is 0.174 e. The highest BCUT2D eigenvalue weighted by molar-refractivity contribution is 9.10. The van der Waals surface area contributed by atoms with Gasteiger partial charge in [0.1, 0.15) is 0 Å². The Bertz CT molecular complexity index is 1340. The molecule has 2 atom stereocenters. The number of aromatic nitrogens is 3. The van der Waals surface area contributed by atoms with Crippen LogP contribution >= 0.6 is 28.1 Å². The summed E-state index contributed by atoms with van der Waals surface area (Å²) in [6, 6.07) is 18.7. The fourth-order valence-corrected chi connectivity index (χ4v) is 5.36. The van der Waals surface area contributed by atoms with E-state index >= 15 is 0 Å². The van der Waals surface area contributed by atoms with Gasteiger partial charge in [0.05, 0.1) is 17.8 Å². The van der Waals surface area contributed by atoms with E-state index in [-0.39, 0.29) is 12.1 Å². The molecule has 1 fully saturated rings. The zero-order valence-corrected chi connectivity index (χ0v) is 21.8. The maximum atomic E-state index is 5.90. The van der Waals surface area contributed by atoms with Gasteiger partial charge in [-0.2, -0.15) is 0 Å². The highest BCUT2D eigenvalue weighted by atomic mass is 79.9. The summed E-state index contributed by atoms with van der Waals surface area (Å²) < 4.78 is 3.44. The number of nitrogens with zero attached hydrogens (tertiary/aromatic N) is 4. The van der Waals surface area contributed by atoms with E-state index in [1.54, 1.807) is 0 Å². The van der Waals surface area contributed by atoms with Crippen LogP contribution in [0.5, 0.6) is 0 Å². The first-order valence-electron chi connectivity index (χ1n) is 11.3. The normalized spacial score (nSPS) is 17.8. The number of thiocarbonyl (C=S) groups is 1. The van der Waals surface area contributed by atoms with Crippen molar-refractivity contribution in [1.82, 2.24) is 19.9 Å². The van der Waals surface area contributed by atoms with Gasteiger partial charge in [-0.25, -0.2) is 0 Å². The van der Waals surface area contributed by atoms with E-state index in [2.05, 4.69) is 97.9 Å². The minimum Gasteiger partial charge on any atom is -0.351 e. The fraction of sp³-hybridized carbons (Fsp3) is 0.222. The Kier molecular flexibility index (Phi) is 6.23. The highest BCUT2D eigenvalue weighted by Gasteiger charge is 2.42. The monoisotopic (exact) mass is 531 g/mol. The molecule has 5 nitrogen and oxygen atoms in total. The van der Waals surface area contributed by atoms with Crippen LogP contribution in [0.15, 0.2) is 77.7 Å². The zero-order chi connectivity index (χ0) is 23.8. The van der Waals surface area contributed by atoms with Crippen molar-refractivity contribution in [2.24, 2.45) is 0 Å². The molecule has 0 bridgehead atoms. The highest BCUT2D eigenvalue weighted by Crippen LogP contribution is 2.43. The van der Waals surface area contributed by atoms with Crippen LogP contribution < -0.4 is 10.2 Å². The van der Waals surface area contributed by atoms with E-state index in [9.17, 15) is 0 Å². The third-order valence-electron chi connectivity index (χ3n) is 6.51. The van der Waals surface area contributed by atoms with Crippen molar-refractivity contribution in [3.8, 4) is 0 Å². The smallest absolute Gasteiger partial charge is 0.174 e. The van der Waals surface area contributed by atoms with Crippen molar-refractivity contribution in [2.75, 3.05) is 4.90 Å². The van der Waals surface area contributed by atoms with Crippen LogP contribution in [0.2, 0.25) is 0 Å². The van der Waals surface area contributed by atoms with Crippen molar-refractivity contribution >= 4 is 38.9 Å². The van der Waals surface area contributed by atoms with Crippen LogP contribution in [-0.4, -0.2) is 19.6 Å². The van der Waals surface area contributed by atoms with Gasteiger partial charge in [0.15, 0.2) is 5.11 Å². The van der Waals surface area contributed by atoms with Gasteiger partial charge >= 0.3 is 0 Å². The van der Waals surface area contributed by atoms with E-state index in [4.69, 9.17) is 12.2 Å². The summed E-state index contributed by atoms with van der Waals surface area (Å²) in [4.78, 5) is 11.2. The van der Waals surface area contributed by atoms with Crippen LogP contribution in [0.3, 0.4) is 0 Å². The SMILES string of the molecule is Cc1cc(N2C(=S)N[C@@H](c3ccccn3)[C@@H]2c2cc(C)n(Cc3cccnc3)c2C)ccc1Br. The van der Waals surface area contributed by atoms with Crippen molar-refractivity contribution in [1.29, 1.82) is 0 Å². The molecule has 5 rings (SSSR count). The van der Waals surface area contributed by atoms with Gasteiger partial charge in [-0.15, -0.1) is 0 Å². The van der Waals surface area contributed by atoms with E-state index in [1.807, 2.05) is 36.8 Å². The number of hydrogen-bond acceptors (Lipinski definition) is 3. The Morgan fingerprint density at radius 1 is 1.03 bits per heavy atom. The zero-order valence-electron chi connectivity index (χ0n) is 19.4. The molecular weight excluding hydrogens is 506 g/mol. The van der Waals surface area contributed by atoms with E-state index in [1.165, 1.54) is 28.1 Å². The van der Waals surface area contributed by atoms with Gasteiger partial charge in [-0.05, 0) is 92.1 Å². The molecule has 0 amide bonds. The molecule has 34 heavy (non-hydrogen) atoms. The Hall–Kier alpha value is -3.03. The first kappa shape index (κ1) is 22.7. The Balaban J connectivity index is 1.63. The standard InChI is InChI=1S/C27H26BrN5S/c1-17-13-21(9-10-23(17)28)33-26(25(31-27(33)34)24-8-4-5-12-30-24)22-14-18(2)32(19(22)3)16-20-7-6-11-29-15-20/h4-15,25-26H,16H2,1-3H3,(H,31,34)/t25-,26-/m0/s1. The first-order chi connectivity index (χ1) is 16.4. The Morgan fingerprint density at radius 2 is 1.88 bits per heavy atom. The number of anilines is 1. The number of hydrogen-bond donors (Lipinski definition) is 1. The van der Waals surface area contributed by atoms with Crippen LogP contribution in [-0.2, 0) is 6.54 Å². The lowest BCUT2D eigenvalue weighted by molar-refractivity contribution is 0.563. The summed E-state index contributed by atoms with van der Waals surface area (Å²) in [5.41, 5.74) is 8.06. The maximum absolute atomic E-state index is 5.90. The lowest BCUT2D eigenvalue weighted by Gasteiger charge is -2.28. The molecule has 172 valence electrons. The average Bonchev–Trinajstić information content (AvgIpc) is 3.33. The summed E-state index contributed by atoms with van der Waals surface area (Å²) in [5.74, 6) is 0. The molecule has 4 heterocycles. The second-order valence-electron chi connectivity index (χ2n) is 8.70. The van der Waals surface area contributed by atoms with Crippen LogP contribution in [0.1, 0.15) is 45.9 Å². The molecule has 1 N–H and O–H groups in total. The third-order valence-corrected chi connectivity index (χ3v) is 7.72. The largest absolute Gasteiger partial charge is 0.351 e.